The van der Waals surface area contributed by atoms with E-state index in [0.717, 1.165) is 0 Å². The van der Waals surface area contributed by atoms with Gasteiger partial charge in [-0.15, -0.1) is 0 Å². The second kappa shape index (κ2) is 16700. The first-order valence-electron chi connectivity index (χ1n) is 0.447. The van der Waals surface area contributed by atoms with E-state index in [2.05, 4.69) is 0 Å². The first-order chi connectivity index (χ1) is 2.00. The van der Waals surface area contributed by atoms with Gasteiger partial charge in [-0.05, 0) is 0 Å². The molecule has 0 saturated heterocycles. The smallest absolute Gasteiger partial charge is 0 e. The molecule has 6 heavy (non-hydrogen) atoms. The van der Waals surface area contributed by atoms with Gasteiger partial charge in [0.1, 0.15) is 0 Å². The van der Waals surface area contributed by atoms with Crippen molar-refractivity contribution >= 4 is 0 Å². The zero-order valence-electron chi connectivity index (χ0n) is 2.59. The van der Waals surface area contributed by atoms with Crippen LogP contribution in [0.5, 0.6) is 0 Å². The summed E-state index contributed by atoms with van der Waals surface area (Å²) < 4.78 is 0. The van der Waals surface area contributed by atoms with Gasteiger partial charge in [0.15, 0.2) is 0 Å². The Labute approximate surface area is 56.8 Å². The van der Waals surface area contributed by atoms with Crippen molar-refractivity contribution in [2.45, 2.75) is 0 Å². The van der Waals surface area contributed by atoms with Gasteiger partial charge in [0.2, 0.25) is 0 Å². The minimum absolute atomic E-state index is 0. The maximum atomic E-state index is 6.25. The van der Waals surface area contributed by atoms with Crippen molar-refractivity contribution in [2.24, 2.45) is 0 Å². The fraction of sp³-hybridized carbons (Fsp3) is 0. The van der Waals surface area contributed by atoms with Gasteiger partial charge in [-0.2, -0.15) is 0 Å². The molecule has 0 saturated carbocycles. The van der Waals surface area contributed by atoms with E-state index in [9.17, 15) is 0 Å². The molecule has 2 nitrogen and oxygen atoms in total. The van der Waals surface area contributed by atoms with Crippen LogP contribution in [0.2, 0.25) is 0 Å². The van der Waals surface area contributed by atoms with Crippen molar-refractivity contribution in [3.05, 3.63) is 13.1 Å². The van der Waals surface area contributed by atoms with Crippen molar-refractivity contribution in [3.8, 4) is 0 Å². The largest absolute Gasteiger partial charge is 1.00 e. The Morgan fingerprint density at radius 3 is 0.833 bits per heavy atom. The molecule has 0 heterocycles. The zero-order chi connectivity index (χ0) is 4.00. The molecule has 0 aromatic carbocycles. The summed E-state index contributed by atoms with van der Waals surface area (Å²) in [4.78, 5) is 0. The fourth-order valence-corrected chi connectivity index (χ4v) is 0. The zero-order valence-corrected chi connectivity index (χ0v) is 4.90. The average molecular weight is 194 g/mol. The summed E-state index contributed by atoms with van der Waals surface area (Å²) in [7, 11) is 0. The third-order valence-corrected chi connectivity index (χ3v) is 0. The van der Waals surface area contributed by atoms with E-state index in [4.69, 9.17) is 23.7 Å². The average Bonchev–Trinajstić information content (AvgIpc) is 1.50. The molecule has 0 fully saturated rings. The fourth-order valence-electron chi connectivity index (χ4n) is 0. The molecule has 0 aliphatic rings. The molecule has 0 aromatic heterocycles. The van der Waals surface area contributed by atoms with Gasteiger partial charge in [-0.3, -0.25) is 0 Å². The molecular weight excluding hydrogens is 194 g/mol. The van der Waals surface area contributed by atoms with E-state index in [1.165, 1.54) is 0 Å². The molecule has 0 amide bonds. The summed E-state index contributed by atoms with van der Waals surface area (Å²) in [5.74, 6) is 0. The number of hydrogen-bond donors (Lipinski definition) is 0. The van der Waals surface area contributed by atoms with Gasteiger partial charge >= 0.3 is 0 Å². The van der Waals surface area contributed by atoms with Crippen LogP contribution in [0.15, 0.2) is 0 Å². The molecule has 0 aliphatic carbocycles. The molecule has 0 unspecified atom stereocenters. The minimum Gasteiger partial charge on any atom is -1.00 e. The van der Waals surface area contributed by atoms with Crippen LogP contribution in [0.1, 0.15) is 0 Å². The Bertz CT molecular complexity index is 27.0. The van der Waals surface area contributed by atoms with Crippen LogP contribution in [-0.2, 0) is 20.4 Å². The van der Waals surface area contributed by atoms with Crippen LogP contribution in [0.4, 0.5) is 0 Å². The molecule has 0 atom stereocenters. The van der Waals surface area contributed by atoms with E-state index < -0.39 is 0 Å². The predicted octanol–water partition coefficient (Wildman–Crippen LogP) is -2.81. The molecule has 0 aliphatic heterocycles. The van der Waals surface area contributed by atoms with E-state index in [0.29, 0.717) is 0 Å². The van der Waals surface area contributed by atoms with Crippen LogP contribution >= 0.6 is 0 Å². The predicted molar refractivity (Wildman–Crippen MR) is 9.94 cm³/mol. The number of hydrogen-bond acceptors (Lipinski definition) is 2. The van der Waals surface area contributed by atoms with Crippen molar-refractivity contribution in [1.82, 2.24) is 0 Å². The Hall–Kier alpha value is -0.0677. The van der Waals surface area contributed by atoms with E-state index in [1.54, 1.807) is 0 Å². The molecule has 0 N–H and O–H groups in total. The maximum absolute atomic E-state index is 6.25. The summed E-state index contributed by atoms with van der Waals surface area (Å²) in [5, 5.41) is 12.5. The van der Waals surface area contributed by atoms with Gasteiger partial charge in [0, 0.05) is 20.4 Å². The number of rotatable bonds is 0. The molecule has 0 spiro atoms. The summed E-state index contributed by atoms with van der Waals surface area (Å²) in [6.45, 7) is 9.50. The topological polar surface area (TPSA) is 47.6 Å². The SMILES string of the molecule is [C-]#N.[C-]#N.[Cl-].[Pd]. The number of nitrogens with zero attached hydrogens (tertiary/aromatic N) is 2. The molecule has 0 radical (unpaired) electrons. The third-order valence-electron chi connectivity index (χ3n) is 0. The molecule has 0 rings (SSSR count). The van der Waals surface area contributed by atoms with E-state index >= 15 is 0 Å². The maximum Gasteiger partial charge on any atom is 0 e. The minimum atomic E-state index is 0. The van der Waals surface area contributed by atoms with Crippen molar-refractivity contribution in [2.75, 3.05) is 0 Å². The van der Waals surface area contributed by atoms with Gasteiger partial charge in [-0.25, -0.2) is 0 Å². The normalized spacial score (nSPS) is 0.667. The van der Waals surface area contributed by atoms with Crippen LogP contribution in [0, 0.1) is 23.7 Å². The second-order valence-electron chi connectivity index (χ2n) is 0. The first-order valence-corrected chi connectivity index (χ1v) is 0.447. The van der Waals surface area contributed by atoms with E-state index in [1.807, 2.05) is 0 Å². The van der Waals surface area contributed by atoms with Crippen LogP contribution < -0.4 is 12.4 Å². The third kappa shape index (κ3) is 7390. The Kier molecular flexibility index (Phi) is 107000. The molecule has 0 bridgehead atoms. The standard InChI is InChI=1S/2CN.ClH.Pd/c2*1-2;;/h;;1H;/q2*-1;;/p-1. The Morgan fingerprint density at radius 2 is 0.833 bits per heavy atom. The van der Waals surface area contributed by atoms with Crippen molar-refractivity contribution in [1.29, 1.82) is 10.5 Å². The molecular formula is C2ClN2Pd-3. The van der Waals surface area contributed by atoms with Gasteiger partial charge < -0.3 is 36.1 Å². The van der Waals surface area contributed by atoms with Crippen molar-refractivity contribution in [3.63, 3.8) is 0 Å². The summed E-state index contributed by atoms with van der Waals surface area (Å²) >= 11 is 0. The van der Waals surface area contributed by atoms with Gasteiger partial charge in [-0.1, -0.05) is 0 Å². The molecule has 0 aromatic rings. The summed E-state index contributed by atoms with van der Waals surface area (Å²) in [6.07, 6.45) is 0. The second-order valence-corrected chi connectivity index (χ2v) is 0. The summed E-state index contributed by atoms with van der Waals surface area (Å²) in [5.41, 5.74) is 0. The monoisotopic (exact) mass is 193 g/mol. The summed E-state index contributed by atoms with van der Waals surface area (Å²) in [6, 6.07) is 0. The van der Waals surface area contributed by atoms with Crippen LogP contribution in [-0.4, -0.2) is 0 Å². The van der Waals surface area contributed by atoms with Crippen LogP contribution in [0.3, 0.4) is 0 Å². The van der Waals surface area contributed by atoms with Crippen molar-refractivity contribution < 1.29 is 32.8 Å². The van der Waals surface area contributed by atoms with Crippen LogP contribution in [0.25, 0.3) is 0 Å². The number of halogens is 1. The molecule has 38 valence electrons. The van der Waals surface area contributed by atoms with E-state index in [-0.39, 0.29) is 32.8 Å². The first kappa shape index (κ1) is 38.7. The quantitative estimate of drug-likeness (QED) is 0.308. The Morgan fingerprint density at radius 1 is 0.833 bits per heavy atom. The Balaban J connectivity index is -0.00000000500. The van der Waals surface area contributed by atoms with Gasteiger partial charge in [0.25, 0.3) is 0 Å². The molecule has 4 heteroatoms. The van der Waals surface area contributed by atoms with Gasteiger partial charge in [0.05, 0.1) is 0 Å².